The number of hydrogen-bond acceptors (Lipinski definition) is 4. The van der Waals surface area contributed by atoms with Crippen molar-refractivity contribution in [3.63, 3.8) is 0 Å². The van der Waals surface area contributed by atoms with E-state index in [0.717, 1.165) is 27.8 Å². The highest BCUT2D eigenvalue weighted by molar-refractivity contribution is 6.01. The molecule has 1 aliphatic heterocycles. The molecule has 0 saturated carbocycles. The lowest BCUT2D eigenvalue weighted by atomic mass is 9.99. The molecule has 6 nitrogen and oxygen atoms in total. The average Bonchev–Trinajstić information content (AvgIpc) is 3.13. The minimum atomic E-state index is -1.18. The van der Waals surface area contributed by atoms with Gasteiger partial charge in [-0.1, -0.05) is 48.2 Å². The van der Waals surface area contributed by atoms with Gasteiger partial charge in [0, 0.05) is 23.2 Å². The average molecular weight is 426 g/mol. The van der Waals surface area contributed by atoms with Gasteiger partial charge in [-0.2, -0.15) is 0 Å². The number of fused-ring (bicyclic) bond motifs is 1. The van der Waals surface area contributed by atoms with Crippen molar-refractivity contribution in [2.45, 2.75) is 25.6 Å². The van der Waals surface area contributed by atoms with Crippen molar-refractivity contribution in [3.8, 4) is 23.0 Å². The molecule has 0 fully saturated rings. The van der Waals surface area contributed by atoms with Crippen molar-refractivity contribution in [2.24, 2.45) is 0 Å². The Balaban J connectivity index is 1.55. The van der Waals surface area contributed by atoms with Gasteiger partial charge < -0.3 is 10.0 Å². The summed E-state index contributed by atoms with van der Waals surface area (Å²) >= 11 is 0. The summed E-state index contributed by atoms with van der Waals surface area (Å²) in [4.78, 5) is 26.0. The number of hydrogen-bond donors (Lipinski definition) is 3. The molecule has 0 aliphatic carbocycles. The number of aliphatic hydroxyl groups is 1. The molecule has 6 heteroatoms. The van der Waals surface area contributed by atoms with Crippen molar-refractivity contribution >= 4 is 11.8 Å². The molecule has 32 heavy (non-hydrogen) atoms. The first kappa shape index (κ1) is 21.3. The fourth-order valence-electron chi connectivity index (χ4n) is 3.85. The second-order valence-electron chi connectivity index (χ2n) is 7.66. The van der Waals surface area contributed by atoms with Crippen LogP contribution in [0.15, 0.2) is 72.8 Å². The molecule has 0 saturated heterocycles. The molecule has 0 radical (unpaired) electrons. The number of carbonyl (C=O) groups is 2. The Hall–Kier alpha value is -3.92. The van der Waals surface area contributed by atoms with Crippen molar-refractivity contribution in [3.05, 3.63) is 95.1 Å². The number of nitrogens with one attached hydrogen (secondary N) is 1. The minimum absolute atomic E-state index is 0.172. The number of nitrogens with zero attached hydrogens (tertiary/aromatic N) is 1. The third-order valence-corrected chi connectivity index (χ3v) is 5.45. The van der Waals surface area contributed by atoms with Gasteiger partial charge in [-0.15, -0.1) is 0 Å². The maximum absolute atomic E-state index is 12.8. The number of carbonyl (C=O) groups excluding carboxylic acids is 2. The molecule has 3 aromatic rings. The van der Waals surface area contributed by atoms with Gasteiger partial charge in [-0.05, 0) is 60.0 Å². The summed E-state index contributed by atoms with van der Waals surface area (Å²) in [7, 11) is 0. The molecule has 3 aromatic carbocycles. The molecule has 0 unspecified atom stereocenters. The zero-order valence-electron chi connectivity index (χ0n) is 17.4. The van der Waals surface area contributed by atoms with E-state index in [1.54, 1.807) is 6.07 Å². The van der Waals surface area contributed by atoms with E-state index in [1.807, 2.05) is 66.7 Å². The molecular weight excluding hydrogens is 404 g/mol. The van der Waals surface area contributed by atoms with Crippen molar-refractivity contribution in [1.82, 2.24) is 10.4 Å². The van der Waals surface area contributed by atoms with Crippen LogP contribution >= 0.6 is 0 Å². The summed E-state index contributed by atoms with van der Waals surface area (Å²) in [5.41, 5.74) is 6.53. The lowest BCUT2D eigenvalue weighted by Gasteiger charge is -2.27. The summed E-state index contributed by atoms with van der Waals surface area (Å²) in [6, 6.07) is 21.9. The van der Waals surface area contributed by atoms with E-state index in [4.69, 9.17) is 5.21 Å². The van der Waals surface area contributed by atoms with Crippen LogP contribution < -0.4 is 5.48 Å². The Morgan fingerprint density at radius 3 is 2.22 bits per heavy atom. The molecule has 2 atom stereocenters. The summed E-state index contributed by atoms with van der Waals surface area (Å²) < 4.78 is 0. The third kappa shape index (κ3) is 4.26. The van der Waals surface area contributed by atoms with Crippen LogP contribution in [0, 0.1) is 11.8 Å². The fourth-order valence-corrected chi connectivity index (χ4v) is 3.85. The van der Waals surface area contributed by atoms with Crippen LogP contribution in [0.4, 0.5) is 0 Å². The largest absolute Gasteiger partial charge is 0.391 e. The number of hydroxylamine groups is 1. The minimum Gasteiger partial charge on any atom is -0.391 e. The first-order valence-electron chi connectivity index (χ1n) is 10.2. The van der Waals surface area contributed by atoms with Crippen molar-refractivity contribution in [2.75, 3.05) is 0 Å². The number of rotatable bonds is 4. The van der Waals surface area contributed by atoms with Crippen LogP contribution in [0.3, 0.4) is 0 Å². The Labute approximate surface area is 186 Å². The van der Waals surface area contributed by atoms with E-state index < -0.39 is 18.1 Å². The lowest BCUT2D eigenvalue weighted by molar-refractivity contribution is -0.137. The summed E-state index contributed by atoms with van der Waals surface area (Å²) in [6.45, 7) is 1.58. The van der Waals surface area contributed by atoms with Crippen LogP contribution in [-0.2, 0) is 11.3 Å². The van der Waals surface area contributed by atoms with Gasteiger partial charge in [0.15, 0.2) is 0 Å². The van der Waals surface area contributed by atoms with E-state index in [2.05, 4.69) is 11.8 Å². The second kappa shape index (κ2) is 9.06. The monoisotopic (exact) mass is 426 g/mol. The van der Waals surface area contributed by atoms with Crippen molar-refractivity contribution in [1.29, 1.82) is 0 Å². The molecular formula is C26H22N2O4. The van der Waals surface area contributed by atoms with Crippen LogP contribution in [0.5, 0.6) is 0 Å². The van der Waals surface area contributed by atoms with E-state index in [1.165, 1.54) is 17.3 Å². The normalized spacial score (nSPS) is 14.2. The highest BCUT2D eigenvalue weighted by atomic mass is 16.5. The third-order valence-electron chi connectivity index (χ3n) is 5.45. The summed E-state index contributed by atoms with van der Waals surface area (Å²) in [6.07, 6.45) is -1.13. The maximum atomic E-state index is 12.8. The first-order chi connectivity index (χ1) is 15.5. The molecule has 0 spiro atoms. The van der Waals surface area contributed by atoms with E-state index in [9.17, 15) is 14.7 Å². The van der Waals surface area contributed by atoms with Crippen molar-refractivity contribution < 1.29 is 19.9 Å². The van der Waals surface area contributed by atoms with Crippen LogP contribution in [0.25, 0.3) is 11.1 Å². The van der Waals surface area contributed by atoms with Gasteiger partial charge in [0.05, 0.1) is 6.10 Å². The maximum Gasteiger partial charge on any atom is 0.268 e. The molecule has 1 aliphatic rings. The quantitative estimate of drug-likeness (QED) is 0.340. The Kier molecular flexibility index (Phi) is 6.04. The summed E-state index contributed by atoms with van der Waals surface area (Å²) in [5.74, 6) is 5.10. The number of benzene rings is 3. The van der Waals surface area contributed by atoms with Gasteiger partial charge in [0.25, 0.3) is 11.8 Å². The van der Waals surface area contributed by atoms with Gasteiger partial charge in [0.1, 0.15) is 6.04 Å². The standard InChI is InChI=1S/C26H22N2O4/c1-17(29)24(25(30)27-32)28-16-22-15-21(13-14-23(22)26(28)31)20-11-9-19(10-12-20)8-7-18-5-3-2-4-6-18/h2-6,9-15,17,24,29,32H,16H2,1H3,(H,27,30)/t17-,24-/m1/s1. The zero-order valence-corrected chi connectivity index (χ0v) is 17.4. The highest BCUT2D eigenvalue weighted by Crippen LogP contribution is 2.30. The molecule has 0 aromatic heterocycles. The predicted octanol–water partition coefficient (Wildman–Crippen LogP) is 2.96. The van der Waals surface area contributed by atoms with Crippen LogP contribution in [-0.4, -0.2) is 39.2 Å². The topological polar surface area (TPSA) is 89.9 Å². The molecule has 0 bridgehead atoms. The molecule has 2 amide bonds. The van der Waals surface area contributed by atoms with Crippen LogP contribution in [0.1, 0.15) is 34.0 Å². The SMILES string of the molecule is C[C@@H](O)[C@H](C(=O)NO)N1Cc2cc(-c3ccc(C#Cc4ccccc4)cc3)ccc2C1=O. The summed E-state index contributed by atoms with van der Waals surface area (Å²) in [5, 5.41) is 18.9. The molecule has 4 rings (SSSR count). The second-order valence-corrected chi connectivity index (χ2v) is 7.66. The zero-order chi connectivity index (χ0) is 22.7. The number of amides is 2. The lowest BCUT2D eigenvalue weighted by Crippen LogP contribution is -2.52. The highest BCUT2D eigenvalue weighted by Gasteiger charge is 2.39. The van der Waals surface area contributed by atoms with Gasteiger partial charge >= 0.3 is 0 Å². The first-order valence-corrected chi connectivity index (χ1v) is 10.2. The van der Waals surface area contributed by atoms with E-state index in [-0.39, 0.29) is 12.5 Å². The Morgan fingerprint density at radius 1 is 0.969 bits per heavy atom. The Morgan fingerprint density at radius 2 is 1.59 bits per heavy atom. The van der Waals surface area contributed by atoms with Gasteiger partial charge in [0.2, 0.25) is 0 Å². The van der Waals surface area contributed by atoms with Gasteiger partial charge in [-0.3, -0.25) is 14.8 Å². The van der Waals surface area contributed by atoms with E-state index >= 15 is 0 Å². The molecule has 1 heterocycles. The fraction of sp³-hybridized carbons (Fsp3) is 0.154. The number of aliphatic hydroxyl groups excluding tert-OH is 1. The smallest absolute Gasteiger partial charge is 0.268 e. The van der Waals surface area contributed by atoms with E-state index in [0.29, 0.717) is 5.56 Å². The molecule has 160 valence electrons. The Bertz CT molecular complexity index is 1210. The molecule has 3 N–H and O–H groups in total. The predicted molar refractivity (Wildman–Crippen MR) is 120 cm³/mol. The van der Waals surface area contributed by atoms with Gasteiger partial charge in [-0.25, -0.2) is 5.48 Å². The van der Waals surface area contributed by atoms with Crippen LogP contribution in [0.2, 0.25) is 0 Å².